The Kier molecular flexibility index (Phi) is 5.96. The van der Waals surface area contributed by atoms with Crippen molar-refractivity contribution in [2.24, 2.45) is 5.41 Å². The minimum Gasteiger partial charge on any atom is -0.412 e. The third kappa shape index (κ3) is 3.77. The van der Waals surface area contributed by atoms with E-state index in [-0.39, 0.29) is 23.3 Å². The van der Waals surface area contributed by atoms with Crippen LogP contribution in [0.15, 0.2) is 18.5 Å². The summed E-state index contributed by atoms with van der Waals surface area (Å²) in [7, 11) is 0. The first-order valence-corrected chi connectivity index (χ1v) is 7.49. The summed E-state index contributed by atoms with van der Waals surface area (Å²) in [6.45, 7) is 9.19. The van der Waals surface area contributed by atoms with Crippen molar-refractivity contribution in [1.29, 1.82) is 0 Å². The highest BCUT2D eigenvalue weighted by molar-refractivity contribution is 5.85. The highest BCUT2D eigenvalue weighted by Crippen LogP contribution is 2.35. The van der Waals surface area contributed by atoms with Gasteiger partial charge >= 0.3 is 0 Å². The monoisotopic (exact) mass is 326 g/mol. The van der Waals surface area contributed by atoms with Crippen LogP contribution in [0.4, 0.5) is 0 Å². The Morgan fingerprint density at radius 2 is 1.91 bits per heavy atom. The van der Waals surface area contributed by atoms with Gasteiger partial charge in [-0.15, -0.1) is 12.4 Å². The molecule has 0 radical (unpaired) electrons. The SMILES string of the molecule is CC1CC(c2ncc3nccc-3[nH]2)CC(C(C)(C)C)N1.Cl.O. The van der Waals surface area contributed by atoms with Crippen molar-refractivity contribution < 1.29 is 5.48 Å². The summed E-state index contributed by atoms with van der Waals surface area (Å²) in [5, 5.41) is 3.73. The van der Waals surface area contributed by atoms with Crippen LogP contribution in [-0.2, 0) is 0 Å². The first-order chi connectivity index (χ1) is 9.43. The average molecular weight is 327 g/mol. The molecule has 0 spiro atoms. The van der Waals surface area contributed by atoms with Gasteiger partial charge < -0.3 is 15.8 Å². The molecule has 1 saturated heterocycles. The summed E-state index contributed by atoms with van der Waals surface area (Å²) < 4.78 is 0. The number of piperidine rings is 1. The zero-order valence-electron chi connectivity index (χ0n) is 13.7. The Morgan fingerprint density at radius 3 is 2.59 bits per heavy atom. The number of nitrogens with zero attached hydrogens (tertiary/aromatic N) is 2. The normalized spacial score (nSPS) is 25.4. The zero-order chi connectivity index (χ0) is 14.3. The average Bonchev–Trinajstić information content (AvgIpc) is 2.84. The van der Waals surface area contributed by atoms with E-state index in [4.69, 9.17) is 0 Å². The number of rotatable bonds is 1. The molecule has 124 valence electrons. The molecule has 3 heterocycles. The molecule has 0 aromatic heterocycles. The number of nitrogens with one attached hydrogen (secondary N) is 2. The number of aromatic nitrogens is 3. The Hall–Kier alpha value is -1.17. The fourth-order valence-corrected chi connectivity index (χ4v) is 3.18. The van der Waals surface area contributed by atoms with Crippen LogP contribution in [0, 0.1) is 5.41 Å². The van der Waals surface area contributed by atoms with E-state index >= 15 is 0 Å². The van der Waals surface area contributed by atoms with Gasteiger partial charge in [0, 0.05) is 24.2 Å². The third-order valence-corrected chi connectivity index (χ3v) is 4.40. The van der Waals surface area contributed by atoms with Gasteiger partial charge in [0.05, 0.1) is 11.9 Å². The Morgan fingerprint density at radius 1 is 1.18 bits per heavy atom. The summed E-state index contributed by atoms with van der Waals surface area (Å²) in [4.78, 5) is 12.3. The van der Waals surface area contributed by atoms with Gasteiger partial charge in [-0.05, 0) is 31.2 Å². The molecule has 6 heteroatoms. The van der Waals surface area contributed by atoms with Gasteiger partial charge in [0.1, 0.15) is 11.5 Å². The predicted octanol–water partition coefficient (Wildman–Crippen LogP) is 2.78. The number of hydrogen-bond donors (Lipinski definition) is 2. The lowest BCUT2D eigenvalue weighted by Crippen LogP contribution is -2.50. The lowest BCUT2D eigenvalue weighted by atomic mass is 9.76. The molecular formula is C16H27ClN4O. The van der Waals surface area contributed by atoms with Gasteiger partial charge in [0.25, 0.3) is 0 Å². The summed E-state index contributed by atoms with van der Waals surface area (Å²) in [5.41, 5.74) is 2.32. The number of fused-ring (bicyclic) bond motifs is 1. The minimum atomic E-state index is 0. The van der Waals surface area contributed by atoms with E-state index in [9.17, 15) is 0 Å². The maximum absolute atomic E-state index is 4.61. The van der Waals surface area contributed by atoms with Gasteiger partial charge in [-0.3, -0.25) is 4.98 Å². The molecular weight excluding hydrogens is 300 g/mol. The van der Waals surface area contributed by atoms with E-state index in [1.165, 1.54) is 0 Å². The van der Waals surface area contributed by atoms with Gasteiger partial charge in [-0.2, -0.15) is 0 Å². The molecule has 4 N–H and O–H groups in total. The topological polar surface area (TPSA) is 85.1 Å². The largest absolute Gasteiger partial charge is 0.412 e. The lowest BCUT2D eigenvalue weighted by Gasteiger charge is -2.41. The van der Waals surface area contributed by atoms with Crippen molar-refractivity contribution in [3.63, 3.8) is 0 Å². The molecule has 3 atom stereocenters. The second-order valence-electron chi connectivity index (χ2n) is 7.17. The van der Waals surface area contributed by atoms with Crippen LogP contribution >= 0.6 is 12.4 Å². The smallest absolute Gasteiger partial charge is 0.109 e. The molecule has 3 unspecified atom stereocenters. The third-order valence-electron chi connectivity index (χ3n) is 4.40. The molecule has 22 heavy (non-hydrogen) atoms. The predicted molar refractivity (Wildman–Crippen MR) is 91.7 cm³/mol. The maximum Gasteiger partial charge on any atom is 0.109 e. The Balaban J connectivity index is 0.00000121. The highest BCUT2D eigenvalue weighted by atomic mass is 35.5. The fourth-order valence-electron chi connectivity index (χ4n) is 3.18. The summed E-state index contributed by atoms with van der Waals surface area (Å²) in [5.74, 6) is 1.60. The second-order valence-corrected chi connectivity index (χ2v) is 7.17. The van der Waals surface area contributed by atoms with Crippen LogP contribution in [-0.4, -0.2) is 32.5 Å². The highest BCUT2D eigenvalue weighted by Gasteiger charge is 2.34. The van der Waals surface area contributed by atoms with E-state index in [1.54, 1.807) is 0 Å². The lowest BCUT2D eigenvalue weighted by molar-refractivity contribution is 0.180. The molecule has 0 amide bonds. The molecule has 0 saturated carbocycles. The van der Waals surface area contributed by atoms with E-state index in [2.05, 4.69) is 48.0 Å². The van der Waals surface area contributed by atoms with Crippen LogP contribution in [0.3, 0.4) is 0 Å². The van der Waals surface area contributed by atoms with Crippen molar-refractivity contribution in [3.05, 3.63) is 24.3 Å². The first-order valence-electron chi connectivity index (χ1n) is 7.49. The molecule has 1 fully saturated rings. The molecule has 0 bridgehead atoms. The zero-order valence-corrected chi connectivity index (χ0v) is 14.5. The van der Waals surface area contributed by atoms with Crippen LogP contribution in [0.5, 0.6) is 0 Å². The van der Waals surface area contributed by atoms with Crippen LogP contribution in [0.25, 0.3) is 11.4 Å². The van der Waals surface area contributed by atoms with E-state index in [1.807, 2.05) is 18.5 Å². The van der Waals surface area contributed by atoms with Crippen molar-refractivity contribution in [3.8, 4) is 11.4 Å². The van der Waals surface area contributed by atoms with Crippen molar-refractivity contribution >= 4 is 12.4 Å². The van der Waals surface area contributed by atoms with Gasteiger partial charge in [0.2, 0.25) is 0 Å². The van der Waals surface area contributed by atoms with Crippen molar-refractivity contribution in [2.45, 2.75) is 58.5 Å². The second kappa shape index (κ2) is 6.94. The Labute approximate surface area is 138 Å². The molecule has 3 aliphatic heterocycles. The Bertz CT molecular complexity index is 566. The summed E-state index contributed by atoms with van der Waals surface area (Å²) >= 11 is 0. The van der Waals surface area contributed by atoms with Crippen molar-refractivity contribution in [1.82, 2.24) is 20.3 Å². The number of hydrogen-bond acceptors (Lipinski definition) is 3. The van der Waals surface area contributed by atoms with Gasteiger partial charge in [-0.25, -0.2) is 4.98 Å². The molecule has 0 aromatic carbocycles. The summed E-state index contributed by atoms with van der Waals surface area (Å²) in [6.07, 6.45) is 5.99. The maximum atomic E-state index is 4.61. The number of H-pyrrole nitrogens is 1. The summed E-state index contributed by atoms with van der Waals surface area (Å²) in [6, 6.07) is 3.08. The molecule has 5 nitrogen and oxygen atoms in total. The molecule has 3 rings (SSSR count). The van der Waals surface area contributed by atoms with Crippen LogP contribution < -0.4 is 5.32 Å². The molecule has 0 aromatic rings. The van der Waals surface area contributed by atoms with Crippen LogP contribution in [0.2, 0.25) is 0 Å². The van der Waals surface area contributed by atoms with E-state index in [0.717, 1.165) is 30.1 Å². The van der Waals surface area contributed by atoms with Gasteiger partial charge in [-0.1, -0.05) is 20.8 Å². The van der Waals surface area contributed by atoms with Crippen LogP contribution in [0.1, 0.15) is 52.3 Å². The quantitative estimate of drug-likeness (QED) is 0.845. The van der Waals surface area contributed by atoms with Gasteiger partial charge in [0.15, 0.2) is 0 Å². The fraction of sp³-hybridized carbons (Fsp3) is 0.625. The van der Waals surface area contributed by atoms with Crippen molar-refractivity contribution in [2.75, 3.05) is 0 Å². The van der Waals surface area contributed by atoms with E-state index < -0.39 is 0 Å². The number of halogens is 1. The standard InChI is InChI=1S/C16H24N4.ClH.H2O/c1-10-7-11(8-14(19-10)16(2,3)4)15-18-9-13-12(20-15)5-6-17-13;;/h5-6,9-11,14,19H,7-8H2,1-4H3,(H,18,20);1H;1H2. The first kappa shape index (κ1) is 18.9. The molecule has 0 aliphatic carbocycles. The van der Waals surface area contributed by atoms with E-state index in [0.29, 0.717) is 18.0 Å². The number of aromatic amines is 1. The molecule has 3 aliphatic rings. The minimum absolute atomic E-state index is 0.